The average molecular weight is 735 g/mol. The Morgan fingerprint density at radius 1 is 0.581 bits per heavy atom. The topological polar surface area (TPSA) is 144 Å². The van der Waals surface area contributed by atoms with Crippen LogP contribution in [0.3, 0.4) is 0 Å². The molecule has 0 bridgehead atoms. The zero-order chi connectivity index (χ0) is 31.9. The Morgan fingerprint density at radius 3 is 1.14 bits per heavy atom. The first kappa shape index (κ1) is 37.1. The van der Waals surface area contributed by atoms with E-state index in [0.29, 0.717) is 10.8 Å². The number of hydrogen-bond acceptors (Lipinski definition) is 6. The number of fused-ring (bicyclic) bond motifs is 2. The summed E-state index contributed by atoms with van der Waals surface area (Å²) in [5, 5.41) is 15.6. The predicted octanol–water partition coefficient (Wildman–Crippen LogP) is 8.43. The SMILES string of the molecule is CC#N.CC#N.O=S(=O)([N-]c1ccc2ccccc2c1-c1c([N-]S(=O)(=O)C(F)(F)F)ccc2ccccc12)C(F)(F)F.[Pd+2]. The van der Waals surface area contributed by atoms with Crippen LogP contribution in [0.4, 0.5) is 37.7 Å². The number of alkyl halides is 6. The van der Waals surface area contributed by atoms with Crippen molar-refractivity contribution >= 4 is 53.0 Å². The first-order valence-electron chi connectivity index (χ1n) is 11.2. The normalized spacial score (nSPS) is 11.4. The van der Waals surface area contributed by atoms with Crippen molar-refractivity contribution < 1.29 is 63.6 Å². The molecule has 0 amide bonds. The second-order valence-corrected chi connectivity index (χ2v) is 11.0. The monoisotopic (exact) mass is 734 g/mol. The molecule has 0 fully saturated rings. The molecule has 17 heteroatoms. The van der Waals surface area contributed by atoms with Crippen LogP contribution in [0.2, 0.25) is 0 Å². The van der Waals surface area contributed by atoms with Crippen molar-refractivity contribution in [2.75, 3.05) is 0 Å². The van der Waals surface area contributed by atoms with E-state index in [0.717, 1.165) is 12.1 Å². The Hall–Kier alpha value is -3.88. The van der Waals surface area contributed by atoms with Crippen LogP contribution in [0.5, 0.6) is 0 Å². The van der Waals surface area contributed by atoms with Crippen molar-refractivity contribution in [3.05, 3.63) is 82.2 Å². The molecule has 0 spiro atoms. The van der Waals surface area contributed by atoms with E-state index in [2.05, 4.69) is 9.44 Å². The van der Waals surface area contributed by atoms with Gasteiger partial charge in [0.15, 0.2) is 20.0 Å². The molecule has 0 N–H and O–H groups in total. The quantitative estimate of drug-likeness (QED) is 0.149. The maximum absolute atomic E-state index is 13.1. The van der Waals surface area contributed by atoms with E-state index in [4.69, 9.17) is 10.5 Å². The van der Waals surface area contributed by atoms with Gasteiger partial charge in [0.2, 0.25) is 0 Å². The average Bonchev–Trinajstić information content (AvgIpc) is 2.88. The summed E-state index contributed by atoms with van der Waals surface area (Å²) in [6, 6.07) is 19.8. The summed E-state index contributed by atoms with van der Waals surface area (Å²) < 4.78 is 132. The Kier molecular flexibility index (Phi) is 12.6. The molecule has 4 aromatic carbocycles. The maximum atomic E-state index is 13.1. The third-order valence-corrected chi connectivity index (χ3v) is 7.13. The van der Waals surface area contributed by atoms with Crippen molar-refractivity contribution in [2.24, 2.45) is 0 Å². The van der Waals surface area contributed by atoms with E-state index in [9.17, 15) is 43.2 Å². The maximum Gasteiger partial charge on any atom is 2.00 e. The second-order valence-electron chi connectivity index (χ2n) is 7.83. The third kappa shape index (κ3) is 8.58. The van der Waals surface area contributed by atoms with Gasteiger partial charge in [-0.15, -0.1) is 11.4 Å². The molecule has 0 aliphatic heterocycles. The fraction of sp³-hybridized carbons (Fsp3) is 0.154. The minimum Gasteiger partial charge on any atom is -0.569 e. The molecule has 0 aromatic heterocycles. The van der Waals surface area contributed by atoms with E-state index in [1.165, 1.54) is 62.4 Å². The fourth-order valence-corrected chi connectivity index (χ4v) is 4.59. The van der Waals surface area contributed by atoms with Crippen LogP contribution >= 0.6 is 0 Å². The van der Waals surface area contributed by atoms with Gasteiger partial charge in [-0.05, 0) is 32.7 Å². The van der Waals surface area contributed by atoms with Gasteiger partial charge >= 0.3 is 31.4 Å². The molecular weight excluding hydrogens is 717 g/mol. The number of nitrogens with zero attached hydrogens (tertiary/aromatic N) is 4. The van der Waals surface area contributed by atoms with E-state index in [1.807, 2.05) is 0 Å². The summed E-state index contributed by atoms with van der Waals surface area (Å²) in [6.07, 6.45) is 0. The van der Waals surface area contributed by atoms with Gasteiger partial charge in [0, 0.05) is 13.8 Å². The molecule has 0 aliphatic carbocycles. The Morgan fingerprint density at radius 2 is 0.860 bits per heavy atom. The van der Waals surface area contributed by atoms with Crippen molar-refractivity contribution in [1.82, 2.24) is 0 Å². The van der Waals surface area contributed by atoms with E-state index in [-0.39, 0.29) is 42.3 Å². The number of nitriles is 2. The summed E-state index contributed by atoms with van der Waals surface area (Å²) in [5.41, 5.74) is -13.7. The number of hydrogen-bond donors (Lipinski definition) is 0. The van der Waals surface area contributed by atoms with Crippen LogP contribution in [0.25, 0.3) is 42.1 Å². The summed E-state index contributed by atoms with van der Waals surface area (Å²) in [4.78, 5) is 0. The summed E-state index contributed by atoms with van der Waals surface area (Å²) in [6.45, 7) is 2.86. The van der Waals surface area contributed by atoms with E-state index >= 15 is 0 Å². The van der Waals surface area contributed by atoms with Gasteiger partial charge in [-0.1, -0.05) is 72.8 Å². The smallest absolute Gasteiger partial charge is 0.569 e. The predicted molar refractivity (Wildman–Crippen MR) is 145 cm³/mol. The van der Waals surface area contributed by atoms with Gasteiger partial charge in [0.1, 0.15) is 0 Å². The van der Waals surface area contributed by atoms with Gasteiger partial charge in [0.05, 0.1) is 12.1 Å². The van der Waals surface area contributed by atoms with Crippen molar-refractivity contribution in [3.8, 4) is 23.3 Å². The number of benzene rings is 4. The number of rotatable bonds is 5. The first-order chi connectivity index (χ1) is 19.5. The molecule has 230 valence electrons. The molecule has 0 radical (unpaired) electrons. The van der Waals surface area contributed by atoms with Crippen molar-refractivity contribution in [3.63, 3.8) is 0 Å². The van der Waals surface area contributed by atoms with Crippen LogP contribution in [-0.2, 0) is 40.5 Å². The van der Waals surface area contributed by atoms with Crippen molar-refractivity contribution in [1.29, 1.82) is 10.5 Å². The summed E-state index contributed by atoms with van der Waals surface area (Å²) >= 11 is 0. The van der Waals surface area contributed by atoms with Crippen molar-refractivity contribution in [2.45, 2.75) is 24.9 Å². The van der Waals surface area contributed by atoms with Crippen LogP contribution in [-0.4, -0.2) is 27.9 Å². The molecule has 0 saturated heterocycles. The standard InChI is InChI=1S/C22H12F6N2O4S2.2C2H3N.Pd/c23-21(24,25)35(31,32)29-17-11-9-13-5-1-3-7-15(13)19(17)20-16-8-4-2-6-14(16)10-12-18(20)30-36(33,34)22(26,27)28;2*1-2-3;/h1-12H;2*1H3;/q-2;;;+2. The first-order valence-corrected chi connectivity index (χ1v) is 14.1. The number of halogens is 6. The zero-order valence-electron chi connectivity index (χ0n) is 21.8. The Labute approximate surface area is 256 Å². The van der Waals surface area contributed by atoms with Gasteiger partial charge in [-0.3, -0.25) is 0 Å². The molecule has 0 aliphatic rings. The molecule has 0 atom stereocenters. The van der Waals surface area contributed by atoms with Crippen LogP contribution < -0.4 is 0 Å². The number of sulfonamides is 2. The van der Waals surface area contributed by atoms with Crippen LogP contribution in [0, 0.1) is 22.7 Å². The fourth-order valence-electron chi connectivity index (χ4n) is 3.56. The molecular formula is C26H18F6N4O4PdS2. The van der Waals surface area contributed by atoms with Gasteiger partial charge < -0.3 is 9.44 Å². The van der Waals surface area contributed by atoms with Gasteiger partial charge in [0.25, 0.3) is 0 Å². The molecule has 8 nitrogen and oxygen atoms in total. The Bertz CT molecular complexity index is 1760. The summed E-state index contributed by atoms with van der Waals surface area (Å²) in [5.74, 6) is 0. The van der Waals surface area contributed by atoms with Gasteiger partial charge in [-0.25, -0.2) is 16.8 Å². The molecule has 0 saturated carbocycles. The molecule has 0 heterocycles. The third-order valence-electron chi connectivity index (χ3n) is 5.09. The van der Waals surface area contributed by atoms with Crippen LogP contribution in [0.1, 0.15) is 13.8 Å². The minimum atomic E-state index is -6.08. The molecule has 43 heavy (non-hydrogen) atoms. The minimum absolute atomic E-state index is 0. The zero-order valence-corrected chi connectivity index (χ0v) is 24.9. The molecule has 4 aromatic rings. The van der Waals surface area contributed by atoms with E-state index < -0.39 is 42.4 Å². The second kappa shape index (κ2) is 14.5. The van der Waals surface area contributed by atoms with Crippen LogP contribution in [0.15, 0.2) is 72.8 Å². The largest absolute Gasteiger partial charge is 2.00 e. The Balaban J connectivity index is 0.00000122. The molecule has 0 unspecified atom stereocenters. The van der Waals surface area contributed by atoms with E-state index in [1.54, 1.807) is 24.3 Å². The summed E-state index contributed by atoms with van der Waals surface area (Å²) in [7, 11) is -12.2. The molecule has 4 rings (SSSR count). The van der Waals surface area contributed by atoms with Gasteiger partial charge in [-0.2, -0.15) is 36.9 Å².